The number of hydrogen-bond donors (Lipinski definition) is 2. The molecular formula is C17H24N2O5. The zero-order valence-electron chi connectivity index (χ0n) is 14.1. The van der Waals surface area contributed by atoms with Gasteiger partial charge in [0.1, 0.15) is 5.75 Å². The molecule has 2 N–H and O–H groups in total. The highest BCUT2D eigenvalue weighted by Gasteiger charge is 2.09. The molecule has 1 rings (SSSR count). The normalized spacial score (nSPS) is 9.92. The number of amides is 2. The van der Waals surface area contributed by atoms with Crippen molar-refractivity contribution in [1.29, 1.82) is 0 Å². The lowest BCUT2D eigenvalue weighted by Crippen LogP contribution is -2.39. The van der Waals surface area contributed by atoms with E-state index in [1.54, 1.807) is 0 Å². The summed E-state index contributed by atoms with van der Waals surface area (Å²) in [6, 6.07) is 7.46. The fourth-order valence-electron chi connectivity index (χ4n) is 1.66. The van der Waals surface area contributed by atoms with Crippen LogP contribution in [0.4, 0.5) is 0 Å². The number of hydrogen-bond acceptors (Lipinski definition) is 5. The highest BCUT2D eigenvalue weighted by Crippen LogP contribution is 2.11. The lowest BCUT2D eigenvalue weighted by molar-refractivity contribution is -0.149. The average molecular weight is 336 g/mol. The molecule has 1 aromatic carbocycles. The van der Waals surface area contributed by atoms with Crippen LogP contribution in [0.25, 0.3) is 0 Å². The minimum absolute atomic E-state index is 0.0398. The summed E-state index contributed by atoms with van der Waals surface area (Å²) in [5, 5.41) is 5.00. The molecule has 0 unspecified atom stereocenters. The Bertz CT molecular complexity index is 542. The summed E-state index contributed by atoms with van der Waals surface area (Å²) in [6.07, 6.45) is 0.861. The fourth-order valence-corrected chi connectivity index (χ4v) is 1.66. The molecule has 0 saturated carbocycles. The van der Waals surface area contributed by atoms with Crippen molar-refractivity contribution in [1.82, 2.24) is 10.6 Å². The molecule has 0 fully saturated rings. The SMILES string of the molecule is CCCNC(=O)CNC(=O)COC(=O)CCOc1ccc(C)cc1. The molecule has 0 bridgehead atoms. The topological polar surface area (TPSA) is 93.7 Å². The lowest BCUT2D eigenvalue weighted by atomic mass is 10.2. The number of nitrogens with one attached hydrogen (secondary N) is 2. The van der Waals surface area contributed by atoms with Crippen molar-refractivity contribution in [2.45, 2.75) is 26.7 Å². The Hall–Kier alpha value is -2.57. The number of benzene rings is 1. The van der Waals surface area contributed by atoms with Crippen LogP contribution in [0.2, 0.25) is 0 Å². The van der Waals surface area contributed by atoms with E-state index in [1.165, 1.54) is 0 Å². The Kier molecular flexibility index (Phi) is 8.96. The summed E-state index contributed by atoms with van der Waals surface area (Å²) in [5.74, 6) is -0.658. The van der Waals surface area contributed by atoms with Gasteiger partial charge in [-0.2, -0.15) is 0 Å². The van der Waals surface area contributed by atoms with E-state index < -0.39 is 18.5 Å². The van der Waals surface area contributed by atoms with E-state index in [2.05, 4.69) is 10.6 Å². The van der Waals surface area contributed by atoms with Crippen LogP contribution in [0.1, 0.15) is 25.3 Å². The van der Waals surface area contributed by atoms with Crippen LogP contribution in [0.15, 0.2) is 24.3 Å². The van der Waals surface area contributed by atoms with Crippen LogP contribution in [-0.4, -0.2) is 44.1 Å². The second-order valence-electron chi connectivity index (χ2n) is 5.20. The van der Waals surface area contributed by atoms with Crippen LogP contribution >= 0.6 is 0 Å². The van der Waals surface area contributed by atoms with E-state index in [9.17, 15) is 14.4 Å². The molecule has 1 aromatic rings. The standard InChI is InChI=1S/C17H24N2O5/c1-3-9-18-15(20)11-19-16(21)12-24-17(22)8-10-23-14-6-4-13(2)5-7-14/h4-7H,3,8-12H2,1-2H3,(H,18,20)(H,19,21). The zero-order valence-corrected chi connectivity index (χ0v) is 14.1. The minimum Gasteiger partial charge on any atom is -0.493 e. The van der Waals surface area contributed by atoms with Gasteiger partial charge in [-0.25, -0.2) is 0 Å². The number of carbonyl (C=O) groups is 3. The number of ether oxygens (including phenoxy) is 2. The maximum atomic E-state index is 11.5. The monoisotopic (exact) mass is 336 g/mol. The van der Waals surface area contributed by atoms with Crippen molar-refractivity contribution in [3.63, 3.8) is 0 Å². The summed E-state index contributed by atoms with van der Waals surface area (Å²) in [5.41, 5.74) is 1.12. The predicted molar refractivity (Wildman–Crippen MR) is 88.6 cm³/mol. The molecular weight excluding hydrogens is 312 g/mol. The van der Waals surface area contributed by atoms with Gasteiger partial charge in [-0.15, -0.1) is 0 Å². The molecule has 0 aliphatic carbocycles. The van der Waals surface area contributed by atoms with E-state index in [0.29, 0.717) is 12.3 Å². The maximum Gasteiger partial charge on any atom is 0.309 e. The molecule has 0 aliphatic heterocycles. The molecule has 0 spiro atoms. The van der Waals surface area contributed by atoms with E-state index in [4.69, 9.17) is 9.47 Å². The molecule has 24 heavy (non-hydrogen) atoms. The van der Waals surface area contributed by atoms with Gasteiger partial charge < -0.3 is 20.1 Å². The second-order valence-corrected chi connectivity index (χ2v) is 5.20. The summed E-state index contributed by atoms with van der Waals surface area (Å²) in [6.45, 7) is 4.09. The lowest BCUT2D eigenvalue weighted by Gasteiger charge is -2.08. The van der Waals surface area contributed by atoms with Gasteiger partial charge in [-0.3, -0.25) is 14.4 Å². The van der Waals surface area contributed by atoms with Crippen LogP contribution in [0.3, 0.4) is 0 Å². The Labute approximate surface area is 141 Å². The quantitative estimate of drug-likeness (QED) is 0.621. The van der Waals surface area contributed by atoms with Gasteiger partial charge in [0.15, 0.2) is 6.61 Å². The van der Waals surface area contributed by atoms with Gasteiger partial charge in [0, 0.05) is 6.54 Å². The van der Waals surface area contributed by atoms with Gasteiger partial charge in [0.05, 0.1) is 19.6 Å². The van der Waals surface area contributed by atoms with E-state index in [0.717, 1.165) is 12.0 Å². The van der Waals surface area contributed by atoms with E-state index in [1.807, 2.05) is 38.1 Å². The smallest absolute Gasteiger partial charge is 0.309 e. The molecule has 7 heteroatoms. The van der Waals surface area contributed by atoms with Gasteiger partial charge in [0.2, 0.25) is 5.91 Å². The maximum absolute atomic E-state index is 11.5. The van der Waals surface area contributed by atoms with E-state index >= 15 is 0 Å². The number of aryl methyl sites for hydroxylation is 1. The van der Waals surface area contributed by atoms with Crippen molar-refractivity contribution in [3.05, 3.63) is 29.8 Å². The molecule has 7 nitrogen and oxygen atoms in total. The first-order valence-corrected chi connectivity index (χ1v) is 7.89. The second kappa shape index (κ2) is 11.0. The van der Waals surface area contributed by atoms with Crippen LogP contribution in [0.5, 0.6) is 5.75 Å². The summed E-state index contributed by atoms with van der Waals surface area (Å²) < 4.78 is 10.2. The number of esters is 1. The molecule has 0 aliphatic rings. The molecule has 0 heterocycles. The van der Waals surface area contributed by atoms with Crippen LogP contribution in [0, 0.1) is 6.92 Å². The number of rotatable bonds is 10. The summed E-state index contributed by atoms with van der Waals surface area (Å²) in [7, 11) is 0. The number of carbonyl (C=O) groups excluding carboxylic acids is 3. The van der Waals surface area contributed by atoms with Gasteiger partial charge in [-0.1, -0.05) is 24.6 Å². The highest BCUT2D eigenvalue weighted by molar-refractivity contribution is 5.86. The van der Waals surface area contributed by atoms with Crippen LogP contribution in [-0.2, 0) is 19.1 Å². The fraction of sp³-hybridized carbons (Fsp3) is 0.471. The Morgan fingerprint density at radius 1 is 1.04 bits per heavy atom. The Morgan fingerprint density at radius 2 is 1.75 bits per heavy atom. The molecule has 132 valence electrons. The van der Waals surface area contributed by atoms with E-state index in [-0.39, 0.29) is 25.5 Å². The first-order chi connectivity index (χ1) is 11.5. The van der Waals surface area contributed by atoms with Gasteiger partial charge in [-0.05, 0) is 25.5 Å². The molecule has 0 aromatic heterocycles. The first kappa shape index (κ1) is 19.5. The third kappa shape index (κ3) is 8.77. The largest absolute Gasteiger partial charge is 0.493 e. The van der Waals surface area contributed by atoms with Crippen molar-refractivity contribution in [3.8, 4) is 5.75 Å². The third-order valence-corrected chi connectivity index (χ3v) is 2.98. The van der Waals surface area contributed by atoms with Gasteiger partial charge in [0.25, 0.3) is 5.91 Å². The zero-order chi connectivity index (χ0) is 17.8. The van der Waals surface area contributed by atoms with Crippen LogP contribution < -0.4 is 15.4 Å². The van der Waals surface area contributed by atoms with Crippen molar-refractivity contribution in [2.75, 3.05) is 26.3 Å². The Balaban J connectivity index is 2.11. The summed E-state index contributed by atoms with van der Waals surface area (Å²) in [4.78, 5) is 34.3. The predicted octanol–water partition coefficient (Wildman–Crippen LogP) is 0.950. The molecule has 2 amide bonds. The third-order valence-electron chi connectivity index (χ3n) is 2.98. The molecule has 0 saturated heterocycles. The van der Waals surface area contributed by atoms with Crippen molar-refractivity contribution >= 4 is 17.8 Å². The first-order valence-electron chi connectivity index (χ1n) is 7.89. The highest BCUT2D eigenvalue weighted by atomic mass is 16.5. The molecule has 0 radical (unpaired) electrons. The minimum atomic E-state index is -0.535. The van der Waals surface area contributed by atoms with Crippen molar-refractivity contribution < 1.29 is 23.9 Å². The van der Waals surface area contributed by atoms with Crippen molar-refractivity contribution in [2.24, 2.45) is 0 Å². The molecule has 0 atom stereocenters. The Morgan fingerprint density at radius 3 is 2.42 bits per heavy atom. The average Bonchev–Trinajstić information content (AvgIpc) is 2.58. The summed E-state index contributed by atoms with van der Waals surface area (Å²) >= 11 is 0. The van der Waals surface area contributed by atoms with Gasteiger partial charge >= 0.3 is 5.97 Å².